The largest absolute Gasteiger partial charge is 0.394 e. The zero-order valence-corrected chi connectivity index (χ0v) is 8.11. The van der Waals surface area contributed by atoms with E-state index in [1.165, 1.54) is 0 Å². The normalized spacial score (nSPS) is 14.5. The lowest BCUT2D eigenvalue weighted by molar-refractivity contribution is 0.258. The fraction of sp³-hybridized carbons (Fsp3) is 0.750. The topological polar surface area (TPSA) is 85.2 Å². The molecule has 0 radical (unpaired) electrons. The molecule has 1 atom stereocenters. The molecule has 0 aliphatic rings. The minimum atomic E-state index is -0.556. The molecule has 0 bridgehead atoms. The molecule has 1 unspecified atom stereocenters. The van der Waals surface area contributed by atoms with Crippen LogP contribution in [0.5, 0.6) is 0 Å². The summed E-state index contributed by atoms with van der Waals surface area (Å²) in [7, 11) is 0. The van der Waals surface area contributed by atoms with Crippen molar-refractivity contribution in [2.45, 2.75) is 32.2 Å². The molecule has 0 aliphatic heterocycles. The van der Waals surface area contributed by atoms with Crippen LogP contribution in [-0.4, -0.2) is 21.9 Å². The quantitative estimate of drug-likeness (QED) is 0.694. The highest BCUT2D eigenvalue weighted by Crippen LogP contribution is 2.20. The van der Waals surface area contributed by atoms with Crippen LogP contribution in [0, 0.1) is 0 Å². The van der Waals surface area contributed by atoms with Crippen molar-refractivity contribution in [1.29, 1.82) is 0 Å². The Kier molecular flexibility index (Phi) is 2.68. The molecule has 0 fully saturated rings. The SMILES string of the molecule is CC(C)(C)c1nc(C(N)CO)no1. The summed E-state index contributed by atoms with van der Waals surface area (Å²) in [5.74, 6) is 0.888. The van der Waals surface area contributed by atoms with Gasteiger partial charge in [0.25, 0.3) is 0 Å². The zero-order chi connectivity index (χ0) is 10.1. The van der Waals surface area contributed by atoms with Gasteiger partial charge in [-0.05, 0) is 0 Å². The summed E-state index contributed by atoms with van der Waals surface area (Å²) < 4.78 is 5.00. The summed E-state index contributed by atoms with van der Waals surface area (Å²) in [4.78, 5) is 4.09. The number of nitrogens with two attached hydrogens (primary N) is 1. The Morgan fingerprint density at radius 3 is 2.54 bits per heavy atom. The third-order valence-corrected chi connectivity index (χ3v) is 1.61. The number of aliphatic hydroxyl groups is 1. The fourth-order valence-corrected chi connectivity index (χ4v) is 0.772. The number of rotatable bonds is 2. The van der Waals surface area contributed by atoms with E-state index in [9.17, 15) is 0 Å². The van der Waals surface area contributed by atoms with Crippen molar-refractivity contribution in [3.63, 3.8) is 0 Å². The lowest BCUT2D eigenvalue weighted by Gasteiger charge is -2.10. The molecule has 1 rings (SSSR count). The van der Waals surface area contributed by atoms with E-state index in [1.807, 2.05) is 20.8 Å². The molecule has 0 amide bonds. The molecule has 13 heavy (non-hydrogen) atoms. The molecule has 1 aromatic heterocycles. The molecule has 5 nitrogen and oxygen atoms in total. The van der Waals surface area contributed by atoms with Crippen molar-refractivity contribution >= 4 is 0 Å². The Hall–Kier alpha value is -0.940. The fourth-order valence-electron chi connectivity index (χ4n) is 0.772. The Morgan fingerprint density at radius 1 is 1.54 bits per heavy atom. The molecule has 74 valence electrons. The highest BCUT2D eigenvalue weighted by atomic mass is 16.5. The Bertz CT molecular complexity index is 277. The Morgan fingerprint density at radius 2 is 2.15 bits per heavy atom. The van der Waals surface area contributed by atoms with Crippen LogP contribution in [-0.2, 0) is 5.41 Å². The maximum Gasteiger partial charge on any atom is 0.232 e. The van der Waals surface area contributed by atoms with Crippen molar-refractivity contribution in [3.05, 3.63) is 11.7 Å². The first-order chi connectivity index (χ1) is 5.95. The first-order valence-electron chi connectivity index (χ1n) is 4.15. The van der Waals surface area contributed by atoms with Gasteiger partial charge in [0.1, 0.15) is 0 Å². The van der Waals surface area contributed by atoms with Crippen LogP contribution in [0.3, 0.4) is 0 Å². The number of hydrogen-bond donors (Lipinski definition) is 2. The van der Waals surface area contributed by atoms with Gasteiger partial charge >= 0.3 is 0 Å². The van der Waals surface area contributed by atoms with Crippen LogP contribution in [0.25, 0.3) is 0 Å². The van der Waals surface area contributed by atoms with Crippen molar-refractivity contribution in [1.82, 2.24) is 10.1 Å². The molecule has 1 heterocycles. The maximum absolute atomic E-state index is 8.75. The van der Waals surface area contributed by atoms with E-state index < -0.39 is 6.04 Å². The van der Waals surface area contributed by atoms with Gasteiger partial charge in [-0.2, -0.15) is 4.98 Å². The molecule has 0 saturated carbocycles. The molecule has 0 saturated heterocycles. The molecule has 0 aliphatic carbocycles. The van der Waals surface area contributed by atoms with Gasteiger partial charge in [-0.15, -0.1) is 0 Å². The van der Waals surface area contributed by atoms with Crippen LogP contribution < -0.4 is 5.73 Å². The number of nitrogens with zero attached hydrogens (tertiary/aromatic N) is 2. The minimum absolute atomic E-state index is 0.177. The molecule has 5 heteroatoms. The second-order valence-corrected chi connectivity index (χ2v) is 4.00. The smallest absolute Gasteiger partial charge is 0.232 e. The van der Waals surface area contributed by atoms with Crippen molar-refractivity contribution in [2.24, 2.45) is 5.73 Å². The molecule has 1 aromatic rings. The Labute approximate surface area is 76.9 Å². The van der Waals surface area contributed by atoms with Crippen LogP contribution in [0.1, 0.15) is 38.5 Å². The van der Waals surface area contributed by atoms with Gasteiger partial charge in [0.05, 0.1) is 12.6 Å². The van der Waals surface area contributed by atoms with Crippen molar-refractivity contribution in [3.8, 4) is 0 Å². The first kappa shape index (κ1) is 10.1. The lowest BCUT2D eigenvalue weighted by Crippen LogP contribution is -2.17. The van der Waals surface area contributed by atoms with Gasteiger partial charge in [-0.3, -0.25) is 0 Å². The monoisotopic (exact) mass is 185 g/mol. The van der Waals surface area contributed by atoms with Crippen molar-refractivity contribution in [2.75, 3.05) is 6.61 Å². The molecule has 0 aromatic carbocycles. The van der Waals surface area contributed by atoms with Gasteiger partial charge in [-0.1, -0.05) is 25.9 Å². The van der Waals surface area contributed by atoms with Gasteiger partial charge in [0.2, 0.25) is 5.89 Å². The highest BCUT2D eigenvalue weighted by molar-refractivity contribution is 5.00. The van der Waals surface area contributed by atoms with Crippen LogP contribution >= 0.6 is 0 Å². The van der Waals surface area contributed by atoms with Gasteiger partial charge < -0.3 is 15.4 Å². The molecule has 3 N–H and O–H groups in total. The summed E-state index contributed by atoms with van der Waals surface area (Å²) >= 11 is 0. The second kappa shape index (κ2) is 3.43. The lowest BCUT2D eigenvalue weighted by atomic mass is 9.97. The van der Waals surface area contributed by atoms with Gasteiger partial charge in [-0.25, -0.2) is 0 Å². The minimum Gasteiger partial charge on any atom is -0.394 e. The third kappa shape index (κ3) is 2.26. The van der Waals surface area contributed by atoms with Gasteiger partial charge in [0.15, 0.2) is 5.82 Å². The predicted octanol–water partition coefficient (Wildman–Crippen LogP) is 0.359. The number of aromatic nitrogens is 2. The summed E-state index contributed by atoms with van der Waals surface area (Å²) in [6.07, 6.45) is 0. The van der Waals surface area contributed by atoms with E-state index in [-0.39, 0.29) is 12.0 Å². The predicted molar refractivity (Wildman–Crippen MR) is 47.0 cm³/mol. The van der Waals surface area contributed by atoms with Crippen LogP contribution in [0.4, 0.5) is 0 Å². The van der Waals surface area contributed by atoms with Gasteiger partial charge in [0, 0.05) is 5.41 Å². The van der Waals surface area contributed by atoms with Crippen molar-refractivity contribution < 1.29 is 9.63 Å². The Balaban J connectivity index is 2.87. The average molecular weight is 185 g/mol. The van der Waals surface area contributed by atoms with Crippen LogP contribution in [0.15, 0.2) is 4.52 Å². The molecular formula is C8H15N3O2. The molecule has 0 spiro atoms. The van der Waals surface area contributed by atoms with E-state index in [2.05, 4.69) is 10.1 Å². The summed E-state index contributed by atoms with van der Waals surface area (Å²) in [5, 5.41) is 12.4. The van der Waals surface area contributed by atoms with E-state index in [1.54, 1.807) is 0 Å². The number of hydrogen-bond acceptors (Lipinski definition) is 5. The van der Waals surface area contributed by atoms with E-state index in [4.69, 9.17) is 15.4 Å². The average Bonchev–Trinajstić information content (AvgIpc) is 2.50. The van der Waals surface area contributed by atoms with E-state index in [0.717, 1.165) is 0 Å². The zero-order valence-electron chi connectivity index (χ0n) is 8.11. The standard InChI is InChI=1S/C8H15N3O2/c1-8(2,3)7-10-6(11-13-7)5(9)4-12/h5,12H,4,9H2,1-3H3. The number of aliphatic hydroxyl groups excluding tert-OH is 1. The van der Waals surface area contributed by atoms with E-state index >= 15 is 0 Å². The maximum atomic E-state index is 8.75. The third-order valence-electron chi connectivity index (χ3n) is 1.61. The van der Waals surface area contributed by atoms with E-state index in [0.29, 0.717) is 11.7 Å². The second-order valence-electron chi connectivity index (χ2n) is 4.00. The summed E-state index contributed by atoms with van der Waals surface area (Å²) in [6, 6.07) is -0.556. The highest BCUT2D eigenvalue weighted by Gasteiger charge is 2.23. The molecular weight excluding hydrogens is 170 g/mol. The van der Waals surface area contributed by atoms with Crippen LogP contribution in [0.2, 0.25) is 0 Å². The first-order valence-corrected chi connectivity index (χ1v) is 4.15. The summed E-state index contributed by atoms with van der Waals surface area (Å²) in [6.45, 7) is 5.72. The summed E-state index contributed by atoms with van der Waals surface area (Å²) in [5.41, 5.74) is 5.34.